The summed E-state index contributed by atoms with van der Waals surface area (Å²) in [6.07, 6.45) is 1.88. The Bertz CT molecular complexity index is 1500. The van der Waals surface area contributed by atoms with Gasteiger partial charge in [0.05, 0.1) is 53.2 Å². The van der Waals surface area contributed by atoms with Crippen LogP contribution in [0.1, 0.15) is 29.0 Å². The molecule has 0 unspecified atom stereocenters. The fourth-order valence-electron chi connectivity index (χ4n) is 4.93. The van der Waals surface area contributed by atoms with Crippen LogP contribution in [0.3, 0.4) is 0 Å². The van der Waals surface area contributed by atoms with Crippen molar-refractivity contribution in [1.29, 1.82) is 0 Å². The fourth-order valence-corrected chi connectivity index (χ4v) is 5.31. The van der Waals surface area contributed by atoms with Crippen molar-refractivity contribution < 1.29 is 28.8 Å². The molecule has 0 radical (unpaired) electrons. The highest BCUT2D eigenvalue weighted by atomic mass is 79.9. The SMILES string of the molecule is COc1cc([C@H](c2cc3cc(Br)ccc3nc2OC)[C@@](O)(CCN(C)C)c2cc(OC)nc(OC)c2)c(OC)cn1. The first-order valence-corrected chi connectivity index (χ1v) is 13.7. The lowest BCUT2D eigenvalue weighted by molar-refractivity contribution is 0.00266. The molecule has 0 saturated heterocycles. The van der Waals surface area contributed by atoms with E-state index >= 15 is 0 Å². The highest BCUT2D eigenvalue weighted by Crippen LogP contribution is 2.51. The van der Waals surface area contributed by atoms with Gasteiger partial charge in [-0.25, -0.2) is 9.97 Å². The largest absolute Gasteiger partial charge is 0.495 e. The fraction of sp³-hybridized carbons (Fsp3) is 0.367. The van der Waals surface area contributed by atoms with Gasteiger partial charge in [-0.2, -0.15) is 4.98 Å². The smallest absolute Gasteiger partial charge is 0.217 e. The monoisotopic (exact) mass is 626 g/mol. The summed E-state index contributed by atoms with van der Waals surface area (Å²) in [6.45, 7) is 0.541. The second-order valence-electron chi connectivity index (χ2n) is 9.74. The lowest BCUT2D eigenvalue weighted by Crippen LogP contribution is -2.38. The molecular formula is C30H35BrN4O6. The van der Waals surface area contributed by atoms with Crippen LogP contribution in [0.15, 0.2) is 53.1 Å². The van der Waals surface area contributed by atoms with Gasteiger partial charge >= 0.3 is 0 Å². The number of rotatable bonds is 12. The summed E-state index contributed by atoms with van der Waals surface area (Å²) < 4.78 is 29.1. The molecule has 0 saturated carbocycles. The van der Waals surface area contributed by atoms with Crippen molar-refractivity contribution in [2.45, 2.75) is 17.9 Å². The van der Waals surface area contributed by atoms with E-state index in [1.807, 2.05) is 43.3 Å². The lowest BCUT2D eigenvalue weighted by Gasteiger charge is -2.39. The maximum atomic E-state index is 13.1. The summed E-state index contributed by atoms with van der Waals surface area (Å²) in [5.41, 5.74) is 0.964. The molecule has 1 N–H and O–H groups in total. The van der Waals surface area contributed by atoms with Crippen LogP contribution in [-0.2, 0) is 5.60 Å². The van der Waals surface area contributed by atoms with Crippen molar-refractivity contribution in [3.63, 3.8) is 0 Å². The molecule has 10 nitrogen and oxygen atoms in total. The summed E-state index contributed by atoms with van der Waals surface area (Å²) in [4.78, 5) is 15.6. The summed E-state index contributed by atoms with van der Waals surface area (Å²) in [5, 5.41) is 14.0. The highest BCUT2D eigenvalue weighted by Gasteiger charge is 2.44. The Kier molecular flexibility index (Phi) is 9.52. The molecule has 3 aromatic heterocycles. The Balaban J connectivity index is 2.14. The molecule has 0 bridgehead atoms. The third-order valence-corrected chi connectivity index (χ3v) is 7.49. The van der Waals surface area contributed by atoms with Crippen LogP contribution < -0.4 is 23.7 Å². The van der Waals surface area contributed by atoms with Crippen LogP contribution in [0.2, 0.25) is 0 Å². The van der Waals surface area contributed by atoms with Crippen LogP contribution in [0.25, 0.3) is 10.9 Å². The molecule has 2 atom stereocenters. The van der Waals surface area contributed by atoms with Gasteiger partial charge in [-0.3, -0.25) is 0 Å². The average molecular weight is 628 g/mol. The van der Waals surface area contributed by atoms with Gasteiger partial charge in [-0.15, -0.1) is 0 Å². The van der Waals surface area contributed by atoms with E-state index < -0.39 is 11.5 Å². The molecule has 0 spiro atoms. The van der Waals surface area contributed by atoms with Crippen molar-refractivity contribution in [2.24, 2.45) is 0 Å². The summed E-state index contributed by atoms with van der Waals surface area (Å²) >= 11 is 3.57. The molecule has 4 aromatic rings. The van der Waals surface area contributed by atoms with Crippen molar-refractivity contribution in [3.05, 3.63) is 69.8 Å². The minimum Gasteiger partial charge on any atom is -0.495 e. The molecule has 11 heteroatoms. The third-order valence-electron chi connectivity index (χ3n) is 7.00. The van der Waals surface area contributed by atoms with Gasteiger partial charge in [0.25, 0.3) is 0 Å². The number of aliphatic hydroxyl groups is 1. The molecule has 1 aromatic carbocycles. The number of pyridine rings is 3. The average Bonchev–Trinajstić information content (AvgIpc) is 2.99. The first kappa shape index (κ1) is 30.3. The zero-order chi connectivity index (χ0) is 29.7. The Labute approximate surface area is 248 Å². The van der Waals surface area contributed by atoms with Crippen LogP contribution in [0.4, 0.5) is 0 Å². The lowest BCUT2D eigenvalue weighted by atomic mass is 9.71. The number of hydrogen-bond acceptors (Lipinski definition) is 10. The second-order valence-corrected chi connectivity index (χ2v) is 10.7. The van der Waals surface area contributed by atoms with Crippen LogP contribution in [0, 0.1) is 0 Å². The van der Waals surface area contributed by atoms with E-state index in [2.05, 4.69) is 25.9 Å². The van der Waals surface area contributed by atoms with Crippen molar-refractivity contribution in [1.82, 2.24) is 19.9 Å². The zero-order valence-corrected chi connectivity index (χ0v) is 25.9. The van der Waals surface area contributed by atoms with Crippen LogP contribution in [0.5, 0.6) is 29.3 Å². The first-order chi connectivity index (χ1) is 19.7. The number of methoxy groups -OCH3 is 5. The molecular weight excluding hydrogens is 592 g/mol. The Morgan fingerprint density at radius 1 is 0.829 bits per heavy atom. The third kappa shape index (κ3) is 6.32. The van der Waals surface area contributed by atoms with Crippen molar-refractivity contribution >= 4 is 26.8 Å². The minimum atomic E-state index is -1.58. The quantitative estimate of drug-likeness (QED) is 0.235. The molecule has 41 heavy (non-hydrogen) atoms. The Hall–Kier alpha value is -3.67. The molecule has 3 heterocycles. The number of hydrogen-bond donors (Lipinski definition) is 1. The number of benzene rings is 1. The van der Waals surface area contributed by atoms with Crippen molar-refractivity contribution in [3.8, 4) is 29.3 Å². The maximum absolute atomic E-state index is 13.1. The van der Waals surface area contributed by atoms with E-state index in [0.717, 1.165) is 15.4 Å². The van der Waals surface area contributed by atoms with E-state index in [0.29, 0.717) is 58.9 Å². The second kappa shape index (κ2) is 12.9. The zero-order valence-electron chi connectivity index (χ0n) is 24.3. The van der Waals surface area contributed by atoms with E-state index in [1.165, 1.54) is 14.2 Å². The van der Waals surface area contributed by atoms with E-state index in [1.54, 1.807) is 45.7 Å². The number of aromatic nitrogens is 3. The van der Waals surface area contributed by atoms with Gasteiger partial charge in [-0.05, 0) is 50.3 Å². The Morgan fingerprint density at radius 2 is 1.51 bits per heavy atom. The Morgan fingerprint density at radius 3 is 2.10 bits per heavy atom. The van der Waals surface area contributed by atoms with Gasteiger partial charge in [0.15, 0.2) is 0 Å². The molecule has 4 rings (SSSR count). The molecule has 0 fully saturated rings. The predicted molar refractivity (Wildman–Crippen MR) is 160 cm³/mol. The highest BCUT2D eigenvalue weighted by molar-refractivity contribution is 9.10. The first-order valence-electron chi connectivity index (χ1n) is 12.9. The number of nitrogens with zero attached hydrogens (tertiary/aromatic N) is 4. The standard InChI is InChI=1S/C30H35BrN4O6/c1-35(2)11-10-30(36,19-14-26(39-5)34-27(15-19)40-6)28(21-16-25(38-4)32-17-24(21)37-3)22-13-18-12-20(31)8-9-23(18)33-29(22)41-7/h8-9,12-17,28,36H,10-11H2,1-7H3/t28-,30-/m1/s1. The molecule has 0 aliphatic carbocycles. The van der Waals surface area contributed by atoms with Crippen molar-refractivity contribution in [2.75, 3.05) is 56.2 Å². The van der Waals surface area contributed by atoms with Gasteiger partial charge in [0, 0.05) is 45.7 Å². The molecule has 0 aliphatic heterocycles. The minimum absolute atomic E-state index is 0.299. The normalized spacial score (nSPS) is 13.5. The number of fused-ring (bicyclic) bond motifs is 1. The molecule has 0 aliphatic rings. The summed E-state index contributed by atoms with van der Waals surface area (Å²) in [6, 6.07) is 13.0. The van der Waals surface area contributed by atoms with E-state index in [-0.39, 0.29) is 0 Å². The summed E-state index contributed by atoms with van der Waals surface area (Å²) in [7, 11) is 11.6. The topological polar surface area (TPSA) is 108 Å². The number of halogens is 1. The van der Waals surface area contributed by atoms with E-state index in [4.69, 9.17) is 28.7 Å². The molecule has 218 valence electrons. The maximum Gasteiger partial charge on any atom is 0.217 e. The molecule has 0 amide bonds. The van der Waals surface area contributed by atoms with Gasteiger partial charge in [0.2, 0.25) is 23.5 Å². The van der Waals surface area contributed by atoms with E-state index in [9.17, 15) is 5.11 Å². The van der Waals surface area contributed by atoms with Gasteiger partial charge in [0.1, 0.15) is 11.4 Å². The number of ether oxygens (including phenoxy) is 5. The van der Waals surface area contributed by atoms with Gasteiger partial charge in [-0.1, -0.05) is 15.9 Å². The van der Waals surface area contributed by atoms with Gasteiger partial charge < -0.3 is 33.7 Å². The van der Waals surface area contributed by atoms with Crippen LogP contribution >= 0.6 is 15.9 Å². The predicted octanol–water partition coefficient (Wildman–Crippen LogP) is 4.80. The van der Waals surface area contributed by atoms with Crippen LogP contribution in [-0.4, -0.2) is 81.1 Å². The summed E-state index contributed by atoms with van der Waals surface area (Å²) in [5.74, 6) is 1.00.